The van der Waals surface area contributed by atoms with Crippen molar-refractivity contribution in [1.29, 1.82) is 0 Å². The molecular formula is C9H12ClN3O5S. The quantitative estimate of drug-likeness (QED) is 0.762. The first-order valence-electron chi connectivity index (χ1n) is 5.35. The lowest BCUT2D eigenvalue weighted by Crippen LogP contribution is -2.41. The second-order valence-electron chi connectivity index (χ2n) is 4.24. The summed E-state index contributed by atoms with van der Waals surface area (Å²) in [5.41, 5.74) is 0. The van der Waals surface area contributed by atoms with E-state index in [-0.39, 0.29) is 23.0 Å². The van der Waals surface area contributed by atoms with Crippen molar-refractivity contribution in [3.8, 4) is 0 Å². The number of sulfonamides is 1. The molecule has 8 nitrogen and oxygen atoms in total. The van der Waals surface area contributed by atoms with E-state index in [1.54, 1.807) is 0 Å². The van der Waals surface area contributed by atoms with Crippen molar-refractivity contribution >= 4 is 27.6 Å². The molecule has 0 radical (unpaired) electrons. The van der Waals surface area contributed by atoms with Gasteiger partial charge in [-0.25, -0.2) is 8.42 Å². The van der Waals surface area contributed by atoms with Crippen molar-refractivity contribution in [1.82, 2.24) is 14.1 Å². The third-order valence-corrected chi connectivity index (χ3v) is 5.30. The van der Waals surface area contributed by atoms with Gasteiger partial charge >= 0.3 is 5.97 Å². The minimum Gasteiger partial charge on any atom is -0.480 e. The minimum absolute atomic E-state index is 0.0898. The molecule has 1 fully saturated rings. The molecule has 2 rings (SSSR count). The monoisotopic (exact) mass is 309 g/mol. The zero-order chi connectivity index (χ0) is 14.4. The number of halogens is 1. The first-order valence-corrected chi connectivity index (χ1v) is 7.17. The van der Waals surface area contributed by atoms with Gasteiger partial charge in [-0.2, -0.15) is 9.40 Å². The predicted molar refractivity (Wildman–Crippen MR) is 64.2 cm³/mol. The van der Waals surface area contributed by atoms with Crippen LogP contribution in [0.1, 0.15) is 6.42 Å². The number of carbonyl (C=O) groups is 1. The van der Waals surface area contributed by atoms with Crippen molar-refractivity contribution in [2.24, 2.45) is 7.05 Å². The van der Waals surface area contributed by atoms with Crippen molar-refractivity contribution in [2.75, 3.05) is 6.54 Å². The summed E-state index contributed by atoms with van der Waals surface area (Å²) in [4.78, 5) is 11.1. The smallest absolute Gasteiger partial charge is 0.322 e. The van der Waals surface area contributed by atoms with Gasteiger partial charge in [0.15, 0.2) is 5.03 Å². The van der Waals surface area contributed by atoms with Crippen LogP contribution >= 0.6 is 11.6 Å². The van der Waals surface area contributed by atoms with E-state index < -0.39 is 28.1 Å². The van der Waals surface area contributed by atoms with E-state index >= 15 is 0 Å². The van der Waals surface area contributed by atoms with Crippen molar-refractivity contribution < 1.29 is 23.4 Å². The lowest BCUT2D eigenvalue weighted by Gasteiger charge is -2.20. The molecule has 2 atom stereocenters. The van der Waals surface area contributed by atoms with Crippen LogP contribution in [0.25, 0.3) is 0 Å². The number of aliphatic hydroxyl groups is 1. The Morgan fingerprint density at radius 2 is 2.21 bits per heavy atom. The molecule has 1 aromatic heterocycles. The van der Waals surface area contributed by atoms with Gasteiger partial charge in [-0.15, -0.1) is 0 Å². The lowest BCUT2D eigenvalue weighted by atomic mass is 10.2. The zero-order valence-corrected chi connectivity index (χ0v) is 11.5. The molecule has 0 amide bonds. The van der Waals surface area contributed by atoms with Gasteiger partial charge in [-0.1, -0.05) is 11.6 Å². The summed E-state index contributed by atoms with van der Waals surface area (Å²) in [5.74, 6) is -1.31. The molecule has 1 saturated heterocycles. The first-order chi connectivity index (χ1) is 8.75. The summed E-state index contributed by atoms with van der Waals surface area (Å²) in [6, 6.07) is -1.30. The second-order valence-corrected chi connectivity index (χ2v) is 6.45. The predicted octanol–water partition coefficient (Wildman–Crippen LogP) is -0.718. The topological polar surface area (TPSA) is 113 Å². The standard InChI is InChI=1S/C9H12ClN3O5S/c1-12-8(6(10)3-11-12)19(17,18)13-4-5(14)2-7(13)9(15)16/h3,5,7,14H,2,4H2,1H3,(H,15,16)/t5-,7-/m0/s1. The van der Waals surface area contributed by atoms with Crippen LogP contribution in [0.3, 0.4) is 0 Å². The van der Waals surface area contributed by atoms with Crippen LogP contribution < -0.4 is 0 Å². The maximum Gasteiger partial charge on any atom is 0.322 e. The van der Waals surface area contributed by atoms with E-state index in [1.165, 1.54) is 7.05 Å². The number of nitrogens with zero attached hydrogens (tertiary/aromatic N) is 3. The van der Waals surface area contributed by atoms with Gasteiger partial charge in [0, 0.05) is 20.0 Å². The number of carboxylic acid groups (broad SMARTS) is 1. The summed E-state index contributed by atoms with van der Waals surface area (Å²) in [7, 11) is -2.73. The highest BCUT2D eigenvalue weighted by Crippen LogP contribution is 2.29. The molecule has 0 saturated carbocycles. The fraction of sp³-hybridized carbons (Fsp3) is 0.556. The lowest BCUT2D eigenvalue weighted by molar-refractivity contribution is -0.140. The van der Waals surface area contributed by atoms with Gasteiger partial charge in [0.2, 0.25) is 0 Å². The van der Waals surface area contributed by atoms with E-state index in [0.717, 1.165) is 15.2 Å². The molecule has 1 aliphatic rings. The van der Waals surface area contributed by atoms with Crippen LogP contribution in [0.15, 0.2) is 11.2 Å². The zero-order valence-electron chi connectivity index (χ0n) is 9.89. The van der Waals surface area contributed by atoms with Gasteiger partial charge in [0.1, 0.15) is 6.04 Å². The highest BCUT2D eigenvalue weighted by atomic mass is 35.5. The van der Waals surface area contributed by atoms with Crippen LogP contribution in [-0.4, -0.2) is 57.4 Å². The molecule has 0 spiro atoms. The molecule has 0 aliphatic carbocycles. The van der Waals surface area contributed by atoms with Crippen LogP contribution in [0, 0.1) is 0 Å². The van der Waals surface area contributed by atoms with Crippen LogP contribution in [0.2, 0.25) is 5.02 Å². The number of hydrogen-bond donors (Lipinski definition) is 2. The van der Waals surface area contributed by atoms with Crippen LogP contribution in [0.4, 0.5) is 0 Å². The highest BCUT2D eigenvalue weighted by molar-refractivity contribution is 7.89. The number of hydrogen-bond acceptors (Lipinski definition) is 5. The molecule has 19 heavy (non-hydrogen) atoms. The van der Waals surface area contributed by atoms with Gasteiger partial charge < -0.3 is 10.2 Å². The SMILES string of the molecule is Cn1ncc(Cl)c1S(=O)(=O)N1C[C@@H](O)C[C@H]1C(=O)O. The Bertz CT molecular complexity index is 594. The van der Waals surface area contributed by atoms with Gasteiger partial charge in [0.25, 0.3) is 10.0 Å². The molecule has 2 N–H and O–H groups in total. The maximum absolute atomic E-state index is 12.4. The summed E-state index contributed by atoms with van der Waals surface area (Å²) in [6.45, 7) is -0.277. The number of aliphatic hydroxyl groups excluding tert-OH is 1. The van der Waals surface area contributed by atoms with Crippen molar-refractivity contribution in [3.05, 3.63) is 11.2 Å². The maximum atomic E-state index is 12.4. The van der Waals surface area contributed by atoms with Crippen molar-refractivity contribution in [2.45, 2.75) is 23.6 Å². The summed E-state index contributed by atoms with van der Waals surface area (Å²) in [6.07, 6.45) is 0.00341. The van der Waals surface area contributed by atoms with Gasteiger partial charge in [-0.3, -0.25) is 9.48 Å². The van der Waals surface area contributed by atoms with E-state index in [0.29, 0.717) is 0 Å². The van der Waals surface area contributed by atoms with E-state index in [4.69, 9.17) is 16.7 Å². The number of β-amino-alcohol motifs (C(OH)–C–C–N with tert-alkyl or cyclic N) is 1. The van der Waals surface area contributed by atoms with Crippen molar-refractivity contribution in [3.63, 3.8) is 0 Å². The summed E-state index contributed by atoms with van der Waals surface area (Å²) < 4.78 is 26.6. The van der Waals surface area contributed by atoms with Gasteiger partial charge in [-0.05, 0) is 0 Å². The van der Waals surface area contributed by atoms with E-state index in [9.17, 15) is 18.3 Å². The Hall–Kier alpha value is -1.16. The molecule has 1 aliphatic heterocycles. The number of aryl methyl sites for hydroxylation is 1. The number of aromatic nitrogens is 2. The highest BCUT2D eigenvalue weighted by Gasteiger charge is 2.45. The molecule has 0 unspecified atom stereocenters. The first kappa shape index (κ1) is 14.3. The third kappa shape index (κ3) is 2.34. The number of carboxylic acids is 1. The molecule has 10 heteroatoms. The molecule has 0 bridgehead atoms. The minimum atomic E-state index is -4.12. The third-order valence-electron chi connectivity index (χ3n) is 2.91. The Morgan fingerprint density at radius 1 is 1.58 bits per heavy atom. The Morgan fingerprint density at radius 3 is 2.68 bits per heavy atom. The Kier molecular flexibility index (Phi) is 3.56. The van der Waals surface area contributed by atoms with Crippen LogP contribution in [0.5, 0.6) is 0 Å². The fourth-order valence-electron chi connectivity index (χ4n) is 2.08. The molecule has 106 valence electrons. The normalized spacial score (nSPS) is 24.8. The molecule has 0 aromatic carbocycles. The summed E-state index contributed by atoms with van der Waals surface area (Å²) in [5, 5.41) is 21.9. The Balaban J connectivity index is 2.48. The van der Waals surface area contributed by atoms with Crippen LogP contribution in [-0.2, 0) is 21.9 Å². The Labute approximate surface area is 114 Å². The number of rotatable bonds is 3. The van der Waals surface area contributed by atoms with E-state index in [1.807, 2.05) is 0 Å². The van der Waals surface area contributed by atoms with E-state index in [2.05, 4.69) is 5.10 Å². The molecule has 1 aromatic rings. The summed E-state index contributed by atoms with van der Waals surface area (Å²) >= 11 is 5.77. The average Bonchev–Trinajstić information content (AvgIpc) is 2.83. The second kappa shape index (κ2) is 4.75. The fourth-order valence-corrected chi connectivity index (χ4v) is 4.32. The largest absolute Gasteiger partial charge is 0.480 e. The molecule has 2 heterocycles. The number of aliphatic carboxylic acids is 1. The molecular weight excluding hydrogens is 298 g/mol. The van der Waals surface area contributed by atoms with Gasteiger partial charge in [0.05, 0.1) is 17.3 Å². The average molecular weight is 310 g/mol.